The fourth-order valence-electron chi connectivity index (χ4n) is 1.70. The van der Waals surface area contributed by atoms with Crippen molar-refractivity contribution in [1.29, 1.82) is 0 Å². The standard InChI is InChI=1S/C15H18N4O4S/c1-3-16-14(21)17-12(20)9-24-15-19-18-13(23-15)8-22-11-6-4-5-10(2)7-11/h4-7H,3,8-9H2,1-2H3,(H2,16,17,20,21). The van der Waals surface area contributed by atoms with E-state index in [1.165, 1.54) is 0 Å². The highest BCUT2D eigenvalue weighted by Gasteiger charge is 2.12. The third-order valence-corrected chi connectivity index (χ3v) is 3.54. The molecule has 0 bridgehead atoms. The molecule has 3 amide bonds. The molecule has 0 fully saturated rings. The molecule has 0 spiro atoms. The molecule has 1 aromatic heterocycles. The van der Waals surface area contributed by atoms with Gasteiger partial charge in [-0.1, -0.05) is 23.9 Å². The first kappa shape index (κ1) is 17.8. The molecule has 0 atom stereocenters. The number of hydrogen-bond acceptors (Lipinski definition) is 7. The molecule has 1 heterocycles. The summed E-state index contributed by atoms with van der Waals surface area (Å²) in [7, 11) is 0. The van der Waals surface area contributed by atoms with Crippen LogP contribution in [0.2, 0.25) is 0 Å². The molecular formula is C15H18N4O4S. The number of hydrogen-bond donors (Lipinski definition) is 2. The molecule has 2 aromatic rings. The summed E-state index contributed by atoms with van der Waals surface area (Å²) in [4.78, 5) is 22.7. The number of rotatable bonds is 7. The molecule has 0 aliphatic rings. The molecule has 8 nitrogen and oxygen atoms in total. The van der Waals surface area contributed by atoms with Crippen molar-refractivity contribution in [3.8, 4) is 5.75 Å². The maximum Gasteiger partial charge on any atom is 0.321 e. The Bertz CT molecular complexity index is 704. The van der Waals surface area contributed by atoms with Crippen molar-refractivity contribution in [2.45, 2.75) is 25.7 Å². The lowest BCUT2D eigenvalue weighted by Gasteiger charge is -2.03. The number of ether oxygens (including phenoxy) is 1. The highest BCUT2D eigenvalue weighted by Crippen LogP contribution is 2.18. The minimum absolute atomic E-state index is 0.00248. The number of nitrogens with one attached hydrogen (secondary N) is 2. The van der Waals surface area contributed by atoms with Crippen LogP contribution in [0.1, 0.15) is 18.4 Å². The van der Waals surface area contributed by atoms with E-state index in [1.807, 2.05) is 31.2 Å². The third-order valence-electron chi connectivity index (χ3n) is 2.72. The van der Waals surface area contributed by atoms with E-state index in [2.05, 4.69) is 20.8 Å². The van der Waals surface area contributed by atoms with Gasteiger partial charge in [-0.25, -0.2) is 4.79 Å². The molecule has 0 radical (unpaired) electrons. The Morgan fingerprint density at radius 3 is 2.92 bits per heavy atom. The average Bonchev–Trinajstić information content (AvgIpc) is 2.99. The quantitative estimate of drug-likeness (QED) is 0.734. The molecule has 0 aliphatic heterocycles. The van der Waals surface area contributed by atoms with Gasteiger partial charge < -0.3 is 14.5 Å². The zero-order valence-electron chi connectivity index (χ0n) is 13.4. The molecule has 2 N–H and O–H groups in total. The molecule has 0 saturated heterocycles. The molecule has 0 unspecified atom stereocenters. The average molecular weight is 350 g/mol. The lowest BCUT2D eigenvalue weighted by Crippen LogP contribution is -2.40. The largest absolute Gasteiger partial charge is 0.484 e. The first-order chi connectivity index (χ1) is 11.6. The zero-order chi connectivity index (χ0) is 17.4. The molecule has 128 valence electrons. The van der Waals surface area contributed by atoms with Gasteiger partial charge >= 0.3 is 6.03 Å². The summed E-state index contributed by atoms with van der Waals surface area (Å²) >= 11 is 1.05. The van der Waals surface area contributed by atoms with Gasteiger partial charge in [-0.3, -0.25) is 10.1 Å². The number of aromatic nitrogens is 2. The van der Waals surface area contributed by atoms with Gasteiger partial charge in [0.1, 0.15) is 5.75 Å². The summed E-state index contributed by atoms with van der Waals surface area (Å²) in [5.74, 6) is 0.575. The second-order valence-electron chi connectivity index (χ2n) is 4.76. The van der Waals surface area contributed by atoms with Gasteiger partial charge in [-0.2, -0.15) is 0 Å². The summed E-state index contributed by atoms with van der Waals surface area (Å²) in [5.41, 5.74) is 1.09. The Hall–Kier alpha value is -2.55. The minimum atomic E-state index is -0.527. The maximum absolute atomic E-state index is 11.5. The van der Waals surface area contributed by atoms with E-state index in [0.717, 1.165) is 17.3 Å². The molecule has 2 rings (SSSR count). The number of imide groups is 1. The van der Waals surface area contributed by atoms with Crippen molar-refractivity contribution >= 4 is 23.7 Å². The number of thioether (sulfide) groups is 1. The Morgan fingerprint density at radius 1 is 1.33 bits per heavy atom. The van der Waals surface area contributed by atoms with Gasteiger partial charge in [0.15, 0.2) is 6.61 Å². The first-order valence-electron chi connectivity index (χ1n) is 7.29. The van der Waals surface area contributed by atoms with E-state index < -0.39 is 11.9 Å². The SMILES string of the molecule is CCNC(=O)NC(=O)CSc1nnc(COc2cccc(C)c2)o1. The topological polar surface area (TPSA) is 106 Å². The van der Waals surface area contributed by atoms with Gasteiger partial charge in [0.25, 0.3) is 11.1 Å². The van der Waals surface area contributed by atoms with Crippen LogP contribution in [0.3, 0.4) is 0 Å². The number of carbonyl (C=O) groups excluding carboxylic acids is 2. The first-order valence-corrected chi connectivity index (χ1v) is 8.27. The van der Waals surface area contributed by atoms with Gasteiger partial charge in [-0.05, 0) is 31.5 Å². The van der Waals surface area contributed by atoms with E-state index in [0.29, 0.717) is 18.2 Å². The highest BCUT2D eigenvalue weighted by molar-refractivity contribution is 7.99. The number of amides is 3. The smallest absolute Gasteiger partial charge is 0.321 e. The van der Waals surface area contributed by atoms with Crippen LogP contribution in [0, 0.1) is 6.92 Å². The van der Waals surface area contributed by atoms with E-state index in [9.17, 15) is 9.59 Å². The van der Waals surface area contributed by atoms with E-state index >= 15 is 0 Å². The van der Waals surface area contributed by atoms with Gasteiger partial charge in [0, 0.05) is 6.54 Å². The van der Waals surface area contributed by atoms with Crippen molar-refractivity contribution in [2.75, 3.05) is 12.3 Å². The van der Waals surface area contributed by atoms with Crippen molar-refractivity contribution in [1.82, 2.24) is 20.8 Å². The molecule has 0 aliphatic carbocycles. The van der Waals surface area contributed by atoms with Gasteiger partial charge in [0.2, 0.25) is 5.91 Å². The second-order valence-corrected chi connectivity index (χ2v) is 5.69. The normalized spacial score (nSPS) is 10.2. The van der Waals surface area contributed by atoms with Crippen LogP contribution in [-0.2, 0) is 11.4 Å². The number of aryl methyl sites for hydroxylation is 1. The van der Waals surface area contributed by atoms with Gasteiger partial charge in [0.05, 0.1) is 5.75 Å². The predicted molar refractivity (Wildman–Crippen MR) is 87.7 cm³/mol. The monoisotopic (exact) mass is 350 g/mol. The highest BCUT2D eigenvalue weighted by atomic mass is 32.2. The zero-order valence-corrected chi connectivity index (χ0v) is 14.2. The van der Waals surface area contributed by atoms with Crippen molar-refractivity contribution in [2.24, 2.45) is 0 Å². The lowest BCUT2D eigenvalue weighted by molar-refractivity contribution is -0.117. The molecule has 0 saturated carbocycles. The van der Waals surface area contributed by atoms with Gasteiger partial charge in [-0.15, -0.1) is 10.2 Å². The van der Waals surface area contributed by atoms with Crippen LogP contribution in [0.15, 0.2) is 33.9 Å². The fourth-order valence-corrected chi connectivity index (χ4v) is 2.28. The van der Waals surface area contributed by atoms with Crippen LogP contribution in [0.5, 0.6) is 5.75 Å². The molecule has 24 heavy (non-hydrogen) atoms. The van der Waals surface area contributed by atoms with Crippen molar-refractivity contribution in [3.05, 3.63) is 35.7 Å². The number of nitrogens with zero attached hydrogens (tertiary/aromatic N) is 2. The Kier molecular flexibility index (Phi) is 6.62. The lowest BCUT2D eigenvalue weighted by atomic mass is 10.2. The van der Waals surface area contributed by atoms with Crippen LogP contribution in [0.4, 0.5) is 4.79 Å². The predicted octanol–water partition coefficient (Wildman–Crippen LogP) is 1.89. The van der Waals surface area contributed by atoms with E-state index in [1.54, 1.807) is 6.92 Å². The van der Waals surface area contributed by atoms with Crippen LogP contribution >= 0.6 is 11.8 Å². The molecule has 9 heteroatoms. The van der Waals surface area contributed by atoms with E-state index in [-0.39, 0.29) is 17.6 Å². The fraction of sp³-hybridized carbons (Fsp3) is 0.333. The minimum Gasteiger partial charge on any atom is -0.484 e. The molecule has 1 aromatic carbocycles. The summed E-state index contributed by atoms with van der Waals surface area (Å²) in [6.45, 7) is 4.32. The van der Waals surface area contributed by atoms with Crippen LogP contribution in [-0.4, -0.2) is 34.4 Å². The summed E-state index contributed by atoms with van der Waals surface area (Å²) in [5, 5.41) is 12.6. The molecular weight excluding hydrogens is 332 g/mol. The van der Waals surface area contributed by atoms with Crippen LogP contribution in [0.25, 0.3) is 0 Å². The Balaban J connectivity index is 1.76. The summed E-state index contributed by atoms with van der Waals surface area (Å²) < 4.78 is 10.9. The third kappa shape index (κ3) is 5.92. The summed E-state index contributed by atoms with van der Waals surface area (Å²) in [6, 6.07) is 7.08. The maximum atomic E-state index is 11.5. The Morgan fingerprint density at radius 2 is 2.17 bits per heavy atom. The number of carbonyl (C=O) groups is 2. The Labute approximate surface area is 143 Å². The summed E-state index contributed by atoms with van der Waals surface area (Å²) in [6.07, 6.45) is 0. The van der Waals surface area contributed by atoms with Crippen molar-refractivity contribution in [3.63, 3.8) is 0 Å². The van der Waals surface area contributed by atoms with Crippen molar-refractivity contribution < 1.29 is 18.7 Å². The number of urea groups is 1. The van der Waals surface area contributed by atoms with E-state index in [4.69, 9.17) is 9.15 Å². The van der Waals surface area contributed by atoms with Crippen LogP contribution < -0.4 is 15.4 Å². The second kappa shape index (κ2) is 8.92. The number of benzene rings is 1.